The summed E-state index contributed by atoms with van der Waals surface area (Å²) >= 11 is 0. The smallest absolute Gasteiger partial charge is 0.253 e. The fraction of sp³-hybridized carbons (Fsp3) is 0.455. The third-order valence-corrected chi connectivity index (χ3v) is 6.00. The molecule has 2 aromatic rings. The summed E-state index contributed by atoms with van der Waals surface area (Å²) in [5.74, 6) is 1.34. The molecular weight excluding hydrogens is 324 g/mol. The number of nitrogens with zero attached hydrogens (tertiary/aromatic N) is 2. The third kappa shape index (κ3) is 3.09. The van der Waals surface area contributed by atoms with E-state index in [0.29, 0.717) is 11.8 Å². The van der Waals surface area contributed by atoms with Crippen molar-refractivity contribution in [1.29, 1.82) is 0 Å². The molecule has 2 fully saturated rings. The SMILES string of the molecule is CC1CN(C(=O)c2ccc3cc(C(=O)N4CCCC4)ccc3c2)CC1C. The zero-order chi connectivity index (χ0) is 18.3. The number of carbonyl (C=O) groups is 2. The van der Waals surface area contributed by atoms with E-state index in [1.807, 2.05) is 46.2 Å². The molecule has 2 heterocycles. The van der Waals surface area contributed by atoms with Crippen molar-refractivity contribution in [2.24, 2.45) is 11.8 Å². The van der Waals surface area contributed by atoms with E-state index in [9.17, 15) is 9.59 Å². The van der Waals surface area contributed by atoms with E-state index in [1.54, 1.807) is 0 Å². The van der Waals surface area contributed by atoms with E-state index in [4.69, 9.17) is 0 Å². The Morgan fingerprint density at radius 1 is 0.769 bits per heavy atom. The Balaban J connectivity index is 1.57. The average molecular weight is 350 g/mol. The fourth-order valence-electron chi connectivity index (χ4n) is 4.09. The van der Waals surface area contributed by atoms with Crippen LogP contribution >= 0.6 is 0 Å². The summed E-state index contributed by atoms with van der Waals surface area (Å²) in [7, 11) is 0. The van der Waals surface area contributed by atoms with Gasteiger partial charge in [0.05, 0.1) is 0 Å². The Bertz CT molecular complexity index is 844. The zero-order valence-corrected chi connectivity index (χ0v) is 15.6. The van der Waals surface area contributed by atoms with E-state index in [-0.39, 0.29) is 11.8 Å². The molecule has 2 unspecified atom stereocenters. The number of benzene rings is 2. The van der Waals surface area contributed by atoms with Gasteiger partial charge in [0.2, 0.25) is 0 Å². The highest BCUT2D eigenvalue weighted by atomic mass is 16.2. The number of amides is 2. The number of likely N-dealkylation sites (tertiary alicyclic amines) is 2. The normalized spacial score (nSPS) is 23.0. The van der Waals surface area contributed by atoms with Gasteiger partial charge >= 0.3 is 0 Å². The molecule has 2 aromatic carbocycles. The zero-order valence-electron chi connectivity index (χ0n) is 15.6. The van der Waals surface area contributed by atoms with E-state index in [0.717, 1.165) is 60.9 Å². The summed E-state index contributed by atoms with van der Waals surface area (Å²) in [4.78, 5) is 29.2. The van der Waals surface area contributed by atoms with E-state index in [2.05, 4.69) is 13.8 Å². The highest BCUT2D eigenvalue weighted by Crippen LogP contribution is 2.25. The van der Waals surface area contributed by atoms with Crippen LogP contribution in [0.5, 0.6) is 0 Å². The van der Waals surface area contributed by atoms with Gasteiger partial charge in [-0.25, -0.2) is 0 Å². The highest BCUT2D eigenvalue weighted by Gasteiger charge is 2.30. The van der Waals surface area contributed by atoms with Crippen LogP contribution < -0.4 is 0 Å². The molecule has 2 saturated heterocycles. The highest BCUT2D eigenvalue weighted by molar-refractivity contribution is 6.02. The summed E-state index contributed by atoms with van der Waals surface area (Å²) in [5, 5.41) is 2.02. The van der Waals surface area contributed by atoms with Crippen molar-refractivity contribution in [3.05, 3.63) is 47.5 Å². The first kappa shape index (κ1) is 17.1. The number of hydrogen-bond donors (Lipinski definition) is 0. The minimum atomic E-state index is 0.111. The summed E-state index contributed by atoms with van der Waals surface area (Å²) in [5.41, 5.74) is 1.47. The molecule has 0 aromatic heterocycles. The molecule has 0 saturated carbocycles. The third-order valence-electron chi connectivity index (χ3n) is 6.00. The summed E-state index contributed by atoms with van der Waals surface area (Å²) in [6, 6.07) is 11.6. The number of fused-ring (bicyclic) bond motifs is 1. The molecule has 0 aliphatic carbocycles. The molecule has 4 rings (SSSR count). The Morgan fingerprint density at radius 2 is 1.23 bits per heavy atom. The lowest BCUT2D eigenvalue weighted by Gasteiger charge is -2.17. The Labute approximate surface area is 154 Å². The Hall–Kier alpha value is -2.36. The molecule has 0 radical (unpaired) electrons. The second kappa shape index (κ2) is 6.75. The van der Waals surface area contributed by atoms with Crippen molar-refractivity contribution >= 4 is 22.6 Å². The second-order valence-corrected chi connectivity index (χ2v) is 7.94. The van der Waals surface area contributed by atoms with Crippen LogP contribution in [0, 0.1) is 11.8 Å². The standard InChI is InChI=1S/C22H26N2O2/c1-15-13-24(14-16(15)2)22(26)20-8-6-17-11-19(7-5-18(17)12-20)21(25)23-9-3-4-10-23/h5-8,11-12,15-16H,3-4,9-10,13-14H2,1-2H3. The molecule has 2 amide bonds. The van der Waals surface area contributed by atoms with Crippen LogP contribution in [-0.2, 0) is 0 Å². The van der Waals surface area contributed by atoms with Gasteiger partial charge in [-0.15, -0.1) is 0 Å². The minimum absolute atomic E-state index is 0.111. The maximum Gasteiger partial charge on any atom is 0.253 e. The molecule has 0 N–H and O–H groups in total. The Kier molecular flexibility index (Phi) is 4.43. The monoisotopic (exact) mass is 350 g/mol. The van der Waals surface area contributed by atoms with Crippen molar-refractivity contribution in [3.63, 3.8) is 0 Å². The second-order valence-electron chi connectivity index (χ2n) is 7.94. The topological polar surface area (TPSA) is 40.6 Å². The average Bonchev–Trinajstić information content (AvgIpc) is 3.30. The molecule has 136 valence electrons. The van der Waals surface area contributed by atoms with Gasteiger partial charge in [0, 0.05) is 37.3 Å². The van der Waals surface area contributed by atoms with Gasteiger partial charge in [-0.2, -0.15) is 0 Å². The minimum Gasteiger partial charge on any atom is -0.339 e. The fourth-order valence-corrected chi connectivity index (χ4v) is 4.09. The van der Waals surface area contributed by atoms with Crippen LogP contribution in [-0.4, -0.2) is 47.8 Å². The number of hydrogen-bond acceptors (Lipinski definition) is 2. The molecule has 0 spiro atoms. The largest absolute Gasteiger partial charge is 0.339 e. The molecule has 4 nitrogen and oxygen atoms in total. The Morgan fingerprint density at radius 3 is 1.73 bits per heavy atom. The lowest BCUT2D eigenvalue weighted by molar-refractivity contribution is 0.0780. The van der Waals surface area contributed by atoms with Crippen LogP contribution in [0.25, 0.3) is 10.8 Å². The first-order valence-electron chi connectivity index (χ1n) is 9.65. The predicted molar refractivity (Wildman–Crippen MR) is 103 cm³/mol. The van der Waals surface area contributed by atoms with E-state index in [1.165, 1.54) is 0 Å². The van der Waals surface area contributed by atoms with Gasteiger partial charge in [-0.3, -0.25) is 9.59 Å². The van der Waals surface area contributed by atoms with Crippen LogP contribution in [0.3, 0.4) is 0 Å². The lowest BCUT2D eigenvalue weighted by atomic mass is 10.0. The van der Waals surface area contributed by atoms with Gasteiger partial charge in [0.25, 0.3) is 11.8 Å². The van der Waals surface area contributed by atoms with Crippen molar-refractivity contribution in [2.45, 2.75) is 26.7 Å². The van der Waals surface area contributed by atoms with Crippen LogP contribution in [0.1, 0.15) is 47.4 Å². The predicted octanol–water partition coefficient (Wildman–Crippen LogP) is 3.80. The van der Waals surface area contributed by atoms with Crippen molar-refractivity contribution in [1.82, 2.24) is 9.80 Å². The molecule has 2 aliphatic heterocycles. The molecule has 26 heavy (non-hydrogen) atoms. The molecule has 0 bridgehead atoms. The summed E-state index contributed by atoms with van der Waals surface area (Å²) in [6.07, 6.45) is 2.19. The van der Waals surface area contributed by atoms with Crippen LogP contribution in [0.2, 0.25) is 0 Å². The van der Waals surface area contributed by atoms with Gasteiger partial charge in [-0.05, 0) is 59.7 Å². The van der Waals surface area contributed by atoms with Crippen LogP contribution in [0.4, 0.5) is 0 Å². The van der Waals surface area contributed by atoms with Crippen LogP contribution in [0.15, 0.2) is 36.4 Å². The van der Waals surface area contributed by atoms with E-state index >= 15 is 0 Å². The molecule has 2 aliphatic rings. The first-order valence-corrected chi connectivity index (χ1v) is 9.65. The van der Waals surface area contributed by atoms with E-state index < -0.39 is 0 Å². The van der Waals surface area contributed by atoms with Gasteiger partial charge in [-0.1, -0.05) is 26.0 Å². The van der Waals surface area contributed by atoms with Crippen molar-refractivity contribution in [2.75, 3.05) is 26.2 Å². The maximum atomic E-state index is 12.8. The molecular formula is C22H26N2O2. The molecule has 4 heteroatoms. The lowest BCUT2D eigenvalue weighted by Crippen LogP contribution is -2.28. The quantitative estimate of drug-likeness (QED) is 0.826. The maximum absolute atomic E-state index is 12.8. The number of rotatable bonds is 2. The molecule has 2 atom stereocenters. The van der Waals surface area contributed by atoms with Crippen molar-refractivity contribution < 1.29 is 9.59 Å². The first-order chi connectivity index (χ1) is 12.5. The summed E-state index contributed by atoms with van der Waals surface area (Å²) in [6.45, 7) is 7.80. The summed E-state index contributed by atoms with van der Waals surface area (Å²) < 4.78 is 0. The number of carbonyl (C=O) groups excluding carboxylic acids is 2. The van der Waals surface area contributed by atoms with Gasteiger partial charge < -0.3 is 9.80 Å². The van der Waals surface area contributed by atoms with Gasteiger partial charge in [0.1, 0.15) is 0 Å². The van der Waals surface area contributed by atoms with Gasteiger partial charge in [0.15, 0.2) is 0 Å². The van der Waals surface area contributed by atoms with Crippen molar-refractivity contribution in [3.8, 4) is 0 Å².